The minimum atomic E-state index is -0.123. The third-order valence-corrected chi connectivity index (χ3v) is 4.71. The maximum Gasteiger partial charge on any atom is 0.255 e. The zero-order valence-electron chi connectivity index (χ0n) is 16.2. The second-order valence-electron chi connectivity index (χ2n) is 7.21. The van der Waals surface area contributed by atoms with E-state index in [9.17, 15) is 4.79 Å². The number of rotatable bonds is 8. The van der Waals surface area contributed by atoms with Crippen molar-refractivity contribution in [3.05, 3.63) is 48.2 Å². The summed E-state index contributed by atoms with van der Waals surface area (Å²) < 4.78 is 0. The highest BCUT2D eigenvalue weighted by atomic mass is 16.1. The van der Waals surface area contributed by atoms with Gasteiger partial charge in [-0.3, -0.25) is 4.79 Å². The molecule has 1 aliphatic rings. The van der Waals surface area contributed by atoms with E-state index >= 15 is 0 Å². The van der Waals surface area contributed by atoms with Crippen LogP contribution in [0.15, 0.2) is 42.6 Å². The number of amides is 1. The van der Waals surface area contributed by atoms with Crippen LogP contribution in [-0.4, -0.2) is 56.1 Å². The van der Waals surface area contributed by atoms with Crippen LogP contribution in [-0.2, 0) is 0 Å². The Morgan fingerprint density at radius 2 is 1.89 bits per heavy atom. The Hall–Kier alpha value is -2.60. The van der Waals surface area contributed by atoms with Crippen molar-refractivity contribution in [2.24, 2.45) is 0 Å². The SMILES string of the molecule is CN(C)CCCNc1cc(C(=O)Nc2ccc(N3CCCC3)cc2)ccn1. The average molecular weight is 367 g/mol. The van der Waals surface area contributed by atoms with Gasteiger partial charge in [0.05, 0.1) is 0 Å². The molecule has 0 saturated carbocycles. The van der Waals surface area contributed by atoms with E-state index in [2.05, 4.69) is 51.6 Å². The lowest BCUT2D eigenvalue weighted by Crippen LogP contribution is -2.18. The van der Waals surface area contributed by atoms with E-state index in [1.165, 1.54) is 18.5 Å². The first-order valence-electron chi connectivity index (χ1n) is 9.63. The van der Waals surface area contributed by atoms with E-state index in [4.69, 9.17) is 0 Å². The lowest BCUT2D eigenvalue weighted by molar-refractivity contribution is 0.102. The monoisotopic (exact) mass is 367 g/mol. The van der Waals surface area contributed by atoms with Crippen LogP contribution in [0.5, 0.6) is 0 Å². The van der Waals surface area contributed by atoms with Gasteiger partial charge in [-0.15, -0.1) is 0 Å². The summed E-state index contributed by atoms with van der Waals surface area (Å²) in [6, 6.07) is 11.6. The van der Waals surface area contributed by atoms with E-state index in [-0.39, 0.29) is 5.91 Å². The molecule has 3 rings (SSSR count). The molecule has 0 radical (unpaired) electrons. The molecule has 27 heavy (non-hydrogen) atoms. The Kier molecular flexibility index (Phi) is 6.65. The number of carbonyl (C=O) groups is 1. The topological polar surface area (TPSA) is 60.5 Å². The summed E-state index contributed by atoms with van der Waals surface area (Å²) in [5.74, 6) is 0.605. The van der Waals surface area contributed by atoms with E-state index in [1.54, 1.807) is 18.3 Å². The van der Waals surface area contributed by atoms with E-state index in [0.29, 0.717) is 5.56 Å². The first-order valence-corrected chi connectivity index (χ1v) is 9.63. The number of hydrogen-bond acceptors (Lipinski definition) is 5. The first-order chi connectivity index (χ1) is 13.1. The van der Waals surface area contributed by atoms with Gasteiger partial charge in [0.15, 0.2) is 0 Å². The van der Waals surface area contributed by atoms with Crippen molar-refractivity contribution >= 4 is 23.1 Å². The quantitative estimate of drug-likeness (QED) is 0.701. The van der Waals surface area contributed by atoms with Crippen molar-refractivity contribution in [1.29, 1.82) is 0 Å². The Morgan fingerprint density at radius 1 is 1.15 bits per heavy atom. The van der Waals surface area contributed by atoms with Crippen molar-refractivity contribution in [2.45, 2.75) is 19.3 Å². The summed E-state index contributed by atoms with van der Waals surface area (Å²) in [4.78, 5) is 21.4. The third kappa shape index (κ3) is 5.69. The molecule has 0 spiro atoms. The van der Waals surface area contributed by atoms with E-state index in [0.717, 1.165) is 44.1 Å². The first kappa shape index (κ1) is 19.2. The molecule has 2 aromatic rings. The molecule has 0 aliphatic carbocycles. The fourth-order valence-corrected chi connectivity index (χ4v) is 3.21. The summed E-state index contributed by atoms with van der Waals surface area (Å²) in [6.45, 7) is 4.08. The number of benzene rings is 1. The summed E-state index contributed by atoms with van der Waals surface area (Å²) in [6.07, 6.45) is 5.20. The third-order valence-electron chi connectivity index (χ3n) is 4.71. The van der Waals surface area contributed by atoms with Crippen molar-refractivity contribution < 1.29 is 4.79 Å². The molecule has 1 aromatic carbocycles. The number of anilines is 3. The molecule has 2 heterocycles. The van der Waals surface area contributed by atoms with Crippen molar-refractivity contribution in [2.75, 3.05) is 55.8 Å². The van der Waals surface area contributed by atoms with Gasteiger partial charge in [0.1, 0.15) is 5.82 Å². The molecule has 6 nitrogen and oxygen atoms in total. The summed E-state index contributed by atoms with van der Waals surface area (Å²) in [7, 11) is 4.11. The van der Waals surface area contributed by atoms with Crippen LogP contribution in [0.4, 0.5) is 17.2 Å². The second kappa shape index (κ2) is 9.37. The normalized spacial score (nSPS) is 13.8. The predicted octanol–water partition coefficient (Wildman–Crippen LogP) is 3.30. The van der Waals surface area contributed by atoms with Crippen LogP contribution >= 0.6 is 0 Å². The molecule has 1 amide bonds. The maximum absolute atomic E-state index is 12.5. The number of nitrogens with one attached hydrogen (secondary N) is 2. The zero-order valence-corrected chi connectivity index (χ0v) is 16.2. The Bertz CT molecular complexity index is 738. The summed E-state index contributed by atoms with van der Waals surface area (Å²) in [5, 5.41) is 6.24. The molecule has 0 bridgehead atoms. The average Bonchev–Trinajstić information content (AvgIpc) is 3.21. The van der Waals surface area contributed by atoms with Gasteiger partial charge >= 0.3 is 0 Å². The van der Waals surface area contributed by atoms with Gasteiger partial charge in [-0.05, 0) is 76.3 Å². The highest BCUT2D eigenvalue weighted by molar-refractivity contribution is 6.04. The van der Waals surface area contributed by atoms with Crippen molar-refractivity contribution in [3.8, 4) is 0 Å². The smallest absolute Gasteiger partial charge is 0.255 e. The minimum absolute atomic E-state index is 0.123. The van der Waals surface area contributed by atoms with Gasteiger partial charge in [0, 0.05) is 42.8 Å². The molecule has 1 fully saturated rings. The van der Waals surface area contributed by atoms with Gasteiger partial charge in [0.25, 0.3) is 5.91 Å². The standard InChI is InChI=1S/C21H29N5O/c1-25(2)13-5-11-22-20-16-17(10-12-23-20)21(27)24-18-6-8-19(9-7-18)26-14-3-4-15-26/h6-10,12,16H,3-5,11,13-15H2,1-2H3,(H,22,23)(H,24,27). The molecular weight excluding hydrogens is 338 g/mol. The molecule has 1 aromatic heterocycles. The second-order valence-corrected chi connectivity index (χ2v) is 7.21. The highest BCUT2D eigenvalue weighted by Crippen LogP contribution is 2.22. The summed E-state index contributed by atoms with van der Waals surface area (Å²) in [5.41, 5.74) is 2.63. The van der Waals surface area contributed by atoms with Gasteiger partial charge in [-0.25, -0.2) is 4.98 Å². The Labute approximate surface area is 161 Å². The molecule has 0 unspecified atom stereocenters. The number of carbonyl (C=O) groups excluding carboxylic acids is 1. The molecule has 1 saturated heterocycles. The van der Waals surface area contributed by atoms with Crippen LogP contribution in [0.1, 0.15) is 29.6 Å². The number of nitrogens with zero attached hydrogens (tertiary/aromatic N) is 3. The van der Waals surface area contributed by atoms with E-state index < -0.39 is 0 Å². The minimum Gasteiger partial charge on any atom is -0.372 e. The van der Waals surface area contributed by atoms with Crippen LogP contribution in [0.2, 0.25) is 0 Å². The Balaban J connectivity index is 1.55. The number of aromatic nitrogens is 1. The largest absolute Gasteiger partial charge is 0.372 e. The molecule has 2 N–H and O–H groups in total. The molecular formula is C21H29N5O. The highest BCUT2D eigenvalue weighted by Gasteiger charge is 2.12. The zero-order chi connectivity index (χ0) is 19.1. The van der Waals surface area contributed by atoms with E-state index in [1.807, 2.05) is 12.1 Å². The number of hydrogen-bond donors (Lipinski definition) is 2. The van der Waals surface area contributed by atoms with Crippen LogP contribution in [0.25, 0.3) is 0 Å². The van der Waals surface area contributed by atoms with Gasteiger partial charge in [0.2, 0.25) is 0 Å². The van der Waals surface area contributed by atoms with Crippen LogP contribution in [0.3, 0.4) is 0 Å². The fourth-order valence-electron chi connectivity index (χ4n) is 3.21. The van der Waals surface area contributed by atoms with Crippen molar-refractivity contribution in [3.63, 3.8) is 0 Å². The predicted molar refractivity (Wildman–Crippen MR) is 112 cm³/mol. The molecule has 1 aliphatic heterocycles. The van der Waals surface area contributed by atoms with Crippen LogP contribution in [0, 0.1) is 0 Å². The van der Waals surface area contributed by atoms with Gasteiger partial charge in [-0.1, -0.05) is 0 Å². The number of pyridine rings is 1. The van der Waals surface area contributed by atoms with Crippen LogP contribution < -0.4 is 15.5 Å². The fraction of sp³-hybridized carbons (Fsp3) is 0.429. The molecule has 6 heteroatoms. The maximum atomic E-state index is 12.5. The molecule has 0 atom stereocenters. The van der Waals surface area contributed by atoms with Crippen molar-refractivity contribution in [1.82, 2.24) is 9.88 Å². The summed E-state index contributed by atoms with van der Waals surface area (Å²) >= 11 is 0. The molecule has 144 valence electrons. The Morgan fingerprint density at radius 3 is 2.59 bits per heavy atom. The van der Waals surface area contributed by atoms with Gasteiger partial charge in [-0.2, -0.15) is 0 Å². The van der Waals surface area contributed by atoms with Gasteiger partial charge < -0.3 is 20.4 Å². The lowest BCUT2D eigenvalue weighted by atomic mass is 10.2. The lowest BCUT2D eigenvalue weighted by Gasteiger charge is -2.17.